The molecule has 1 nitrogen and oxygen atoms in total. The molecule has 1 heteroatoms. The van der Waals surface area contributed by atoms with Gasteiger partial charge in [0.15, 0.2) is 0 Å². The van der Waals surface area contributed by atoms with Crippen LogP contribution in [-0.4, -0.2) is 5.60 Å². The zero-order valence-corrected chi connectivity index (χ0v) is 12.5. The second-order valence-electron chi connectivity index (χ2n) is 7.01. The van der Waals surface area contributed by atoms with Gasteiger partial charge in [0.05, 0.1) is 12.2 Å². The first kappa shape index (κ1) is 13.2. The minimum absolute atomic E-state index is 0.176. The second kappa shape index (κ2) is 4.63. The van der Waals surface area contributed by atoms with Crippen molar-refractivity contribution in [3.05, 3.63) is 35.9 Å². The summed E-state index contributed by atoms with van der Waals surface area (Å²) in [6.45, 7) is 7.96. The molecule has 0 aromatic heterocycles. The Hall–Kier alpha value is -0.820. The molecule has 2 saturated carbocycles. The zero-order valence-electron chi connectivity index (χ0n) is 12.5. The molecule has 2 fully saturated rings. The van der Waals surface area contributed by atoms with Crippen LogP contribution < -0.4 is 0 Å². The average molecular weight is 258 g/mol. The quantitative estimate of drug-likeness (QED) is 0.753. The molecule has 0 bridgehead atoms. The Kier molecular flexibility index (Phi) is 3.21. The molecule has 0 saturated heterocycles. The molecular formula is C18H26O. The van der Waals surface area contributed by atoms with Crippen molar-refractivity contribution >= 4 is 0 Å². The summed E-state index contributed by atoms with van der Waals surface area (Å²) in [6.07, 6.45) is 5.34. The molecule has 3 rings (SSSR count). The van der Waals surface area contributed by atoms with Crippen LogP contribution in [0.25, 0.3) is 0 Å². The predicted molar refractivity (Wildman–Crippen MR) is 78.9 cm³/mol. The molecule has 0 spiro atoms. The van der Waals surface area contributed by atoms with Gasteiger partial charge in [0.25, 0.3) is 0 Å². The molecular weight excluding hydrogens is 232 g/mol. The van der Waals surface area contributed by atoms with Crippen molar-refractivity contribution in [2.24, 2.45) is 17.3 Å². The van der Waals surface area contributed by atoms with Gasteiger partial charge in [-0.05, 0) is 30.2 Å². The van der Waals surface area contributed by atoms with E-state index in [4.69, 9.17) is 4.74 Å². The summed E-state index contributed by atoms with van der Waals surface area (Å²) in [7, 11) is 0. The number of rotatable bonds is 4. The van der Waals surface area contributed by atoms with E-state index in [2.05, 4.69) is 51.1 Å². The minimum atomic E-state index is 0.176. The Bertz CT molecular complexity index is 438. The molecule has 1 aromatic rings. The zero-order chi connectivity index (χ0) is 13.5. The van der Waals surface area contributed by atoms with Crippen molar-refractivity contribution in [3.63, 3.8) is 0 Å². The van der Waals surface area contributed by atoms with Gasteiger partial charge in [0.2, 0.25) is 0 Å². The molecule has 2 aliphatic rings. The highest BCUT2D eigenvalue weighted by Crippen LogP contribution is 2.73. The van der Waals surface area contributed by atoms with E-state index in [1.807, 2.05) is 0 Å². The highest BCUT2D eigenvalue weighted by molar-refractivity contribution is 5.25. The summed E-state index contributed by atoms with van der Waals surface area (Å²) in [5.41, 5.74) is 1.92. The third kappa shape index (κ3) is 1.94. The molecule has 0 aliphatic heterocycles. The van der Waals surface area contributed by atoms with E-state index >= 15 is 0 Å². The minimum Gasteiger partial charge on any atom is -0.369 e. The van der Waals surface area contributed by atoms with Gasteiger partial charge in [-0.3, -0.25) is 0 Å². The normalized spacial score (nSPS) is 37.2. The van der Waals surface area contributed by atoms with E-state index in [0.717, 1.165) is 18.4 Å². The fraction of sp³-hybridized carbons (Fsp3) is 0.667. The van der Waals surface area contributed by atoms with Crippen LogP contribution >= 0.6 is 0 Å². The summed E-state index contributed by atoms with van der Waals surface area (Å²) in [5.74, 6) is 1.49. The first-order valence-electron chi connectivity index (χ1n) is 7.78. The number of hydrogen-bond acceptors (Lipinski definition) is 1. The molecule has 3 atom stereocenters. The van der Waals surface area contributed by atoms with Crippen LogP contribution in [0.5, 0.6) is 0 Å². The maximum atomic E-state index is 6.51. The third-order valence-electron chi connectivity index (χ3n) is 5.57. The first-order valence-corrected chi connectivity index (χ1v) is 7.78. The van der Waals surface area contributed by atoms with Crippen LogP contribution in [0.1, 0.15) is 52.0 Å². The van der Waals surface area contributed by atoms with Crippen molar-refractivity contribution < 1.29 is 4.74 Å². The maximum Gasteiger partial charge on any atom is 0.0780 e. The molecule has 0 radical (unpaired) electrons. The molecule has 104 valence electrons. The fourth-order valence-corrected chi connectivity index (χ4v) is 4.84. The van der Waals surface area contributed by atoms with Gasteiger partial charge in [-0.2, -0.15) is 0 Å². The van der Waals surface area contributed by atoms with Crippen LogP contribution in [0.15, 0.2) is 30.3 Å². The molecule has 0 heterocycles. The fourth-order valence-electron chi connectivity index (χ4n) is 4.84. The van der Waals surface area contributed by atoms with Gasteiger partial charge in [0.1, 0.15) is 0 Å². The van der Waals surface area contributed by atoms with Crippen molar-refractivity contribution in [2.75, 3.05) is 0 Å². The second-order valence-corrected chi connectivity index (χ2v) is 7.01. The smallest absolute Gasteiger partial charge is 0.0780 e. The van der Waals surface area contributed by atoms with E-state index in [9.17, 15) is 0 Å². The van der Waals surface area contributed by atoms with Crippen LogP contribution in [0.3, 0.4) is 0 Å². The number of hydrogen-bond donors (Lipinski definition) is 0. The van der Waals surface area contributed by atoms with Gasteiger partial charge >= 0.3 is 0 Å². The highest BCUT2D eigenvalue weighted by atomic mass is 16.5. The lowest BCUT2D eigenvalue weighted by Crippen LogP contribution is -2.26. The number of fused-ring (bicyclic) bond motifs is 1. The summed E-state index contributed by atoms with van der Waals surface area (Å²) in [5, 5.41) is 0. The topological polar surface area (TPSA) is 9.23 Å². The third-order valence-corrected chi connectivity index (χ3v) is 5.57. The van der Waals surface area contributed by atoms with Gasteiger partial charge < -0.3 is 4.74 Å². The average Bonchev–Trinajstić information content (AvgIpc) is 2.98. The van der Waals surface area contributed by atoms with Crippen molar-refractivity contribution in [2.45, 2.75) is 58.7 Å². The maximum absolute atomic E-state index is 6.51. The monoisotopic (exact) mass is 258 g/mol. The van der Waals surface area contributed by atoms with Gasteiger partial charge in [-0.15, -0.1) is 0 Å². The molecule has 1 aromatic carbocycles. The highest BCUT2D eigenvalue weighted by Gasteiger charge is 2.75. The molecule has 0 amide bonds. The molecule has 0 N–H and O–H groups in total. The van der Waals surface area contributed by atoms with Crippen molar-refractivity contribution in [1.82, 2.24) is 0 Å². The SMILES string of the molecule is CC(C)[C@@H]1[C@]2(C)CCCC[C@]12OCc1ccccc1. The largest absolute Gasteiger partial charge is 0.369 e. The molecule has 0 unspecified atom stereocenters. The lowest BCUT2D eigenvalue weighted by molar-refractivity contribution is -0.0345. The van der Waals surface area contributed by atoms with E-state index < -0.39 is 0 Å². The first-order chi connectivity index (χ1) is 9.10. The number of benzene rings is 1. The van der Waals surface area contributed by atoms with E-state index in [1.54, 1.807) is 0 Å². The Morgan fingerprint density at radius 2 is 1.84 bits per heavy atom. The Morgan fingerprint density at radius 3 is 2.53 bits per heavy atom. The lowest BCUT2D eigenvalue weighted by atomic mass is 9.87. The Morgan fingerprint density at radius 1 is 1.16 bits per heavy atom. The van der Waals surface area contributed by atoms with E-state index in [0.29, 0.717) is 5.41 Å². The van der Waals surface area contributed by atoms with Crippen LogP contribution in [0.4, 0.5) is 0 Å². The Labute approximate surface area is 117 Å². The van der Waals surface area contributed by atoms with Crippen LogP contribution in [0, 0.1) is 17.3 Å². The van der Waals surface area contributed by atoms with E-state index in [1.165, 1.54) is 31.2 Å². The predicted octanol–water partition coefficient (Wildman–Crippen LogP) is 4.81. The summed E-state index contributed by atoms with van der Waals surface area (Å²) >= 11 is 0. The van der Waals surface area contributed by atoms with Crippen LogP contribution in [-0.2, 0) is 11.3 Å². The number of ether oxygens (including phenoxy) is 1. The molecule has 2 aliphatic carbocycles. The van der Waals surface area contributed by atoms with Crippen molar-refractivity contribution in [3.8, 4) is 0 Å². The van der Waals surface area contributed by atoms with E-state index in [-0.39, 0.29) is 5.60 Å². The summed E-state index contributed by atoms with van der Waals surface area (Å²) in [6, 6.07) is 10.6. The Balaban J connectivity index is 1.75. The van der Waals surface area contributed by atoms with Gasteiger partial charge in [-0.1, -0.05) is 63.9 Å². The van der Waals surface area contributed by atoms with Gasteiger partial charge in [-0.25, -0.2) is 0 Å². The van der Waals surface area contributed by atoms with Crippen LogP contribution in [0.2, 0.25) is 0 Å². The summed E-state index contributed by atoms with van der Waals surface area (Å²) < 4.78 is 6.51. The summed E-state index contributed by atoms with van der Waals surface area (Å²) in [4.78, 5) is 0. The molecule has 19 heavy (non-hydrogen) atoms. The standard InChI is InChI=1S/C18H26O/c1-14(2)16-17(3)11-7-8-12-18(16,17)19-13-15-9-5-4-6-10-15/h4-6,9-10,14,16H,7-8,11-13H2,1-3H3/t16-,17+,18+/m1/s1. The van der Waals surface area contributed by atoms with Crippen molar-refractivity contribution in [1.29, 1.82) is 0 Å². The van der Waals surface area contributed by atoms with Gasteiger partial charge in [0, 0.05) is 5.41 Å². The lowest BCUT2D eigenvalue weighted by Gasteiger charge is -2.28.